The van der Waals surface area contributed by atoms with E-state index in [4.69, 9.17) is 4.74 Å². The van der Waals surface area contributed by atoms with Gasteiger partial charge in [-0.2, -0.15) is 10.2 Å². The summed E-state index contributed by atoms with van der Waals surface area (Å²) < 4.78 is 5.57. The summed E-state index contributed by atoms with van der Waals surface area (Å²) in [7, 11) is 0. The van der Waals surface area contributed by atoms with Crippen molar-refractivity contribution < 1.29 is 4.74 Å². The van der Waals surface area contributed by atoms with Gasteiger partial charge in [-0.25, -0.2) is 0 Å². The first kappa shape index (κ1) is 12.5. The van der Waals surface area contributed by atoms with Crippen LogP contribution in [0.4, 0.5) is 0 Å². The Morgan fingerprint density at radius 3 is 2.78 bits per heavy atom. The lowest BCUT2D eigenvalue weighted by atomic mass is 10.2. The van der Waals surface area contributed by atoms with Crippen LogP contribution in [0.5, 0.6) is 5.75 Å². The first-order valence-corrected chi connectivity index (χ1v) is 6.08. The summed E-state index contributed by atoms with van der Waals surface area (Å²) in [6.07, 6.45) is 1.67. The van der Waals surface area contributed by atoms with Crippen LogP contribution in [0.15, 0.2) is 42.6 Å². The third-order valence-corrected chi connectivity index (χ3v) is 2.52. The zero-order valence-electron chi connectivity index (χ0n) is 10.5. The molecule has 0 atom stereocenters. The lowest BCUT2D eigenvalue weighted by Crippen LogP contribution is -2.14. The van der Waals surface area contributed by atoms with Crippen molar-refractivity contribution in [2.24, 2.45) is 0 Å². The Kier molecular flexibility index (Phi) is 4.67. The van der Waals surface area contributed by atoms with Crippen LogP contribution in [0.25, 0.3) is 0 Å². The lowest BCUT2D eigenvalue weighted by Gasteiger charge is -2.10. The molecule has 0 bridgehead atoms. The predicted octanol–water partition coefficient (Wildman–Crippen LogP) is 2.17. The number of benzene rings is 1. The number of ether oxygens (including phenoxy) is 1. The number of para-hydroxylation sites is 1. The Morgan fingerprint density at radius 1 is 1.11 bits per heavy atom. The van der Waals surface area contributed by atoms with Crippen molar-refractivity contribution in [2.45, 2.75) is 20.0 Å². The molecule has 0 aliphatic heterocycles. The van der Waals surface area contributed by atoms with Gasteiger partial charge >= 0.3 is 0 Å². The minimum absolute atomic E-state index is 0.682. The molecule has 4 nitrogen and oxygen atoms in total. The summed E-state index contributed by atoms with van der Waals surface area (Å²) in [5.41, 5.74) is 2.09. The Hall–Kier alpha value is -1.94. The van der Waals surface area contributed by atoms with Gasteiger partial charge in [0.2, 0.25) is 0 Å². The van der Waals surface area contributed by atoms with E-state index in [-0.39, 0.29) is 0 Å². The molecule has 0 aliphatic carbocycles. The zero-order chi connectivity index (χ0) is 12.6. The molecular formula is C14H17N3O. The summed E-state index contributed by atoms with van der Waals surface area (Å²) in [5.74, 6) is 0.937. The van der Waals surface area contributed by atoms with E-state index in [1.165, 1.54) is 0 Å². The Morgan fingerprint density at radius 2 is 2.00 bits per heavy atom. The van der Waals surface area contributed by atoms with Gasteiger partial charge in [-0.15, -0.1) is 0 Å². The fourth-order valence-corrected chi connectivity index (χ4v) is 1.70. The third-order valence-electron chi connectivity index (χ3n) is 2.52. The Balaban J connectivity index is 1.90. The molecule has 0 fully saturated rings. The predicted molar refractivity (Wildman–Crippen MR) is 70.2 cm³/mol. The molecule has 1 aromatic heterocycles. The van der Waals surface area contributed by atoms with Crippen molar-refractivity contribution in [3.8, 4) is 5.75 Å². The summed E-state index contributed by atoms with van der Waals surface area (Å²) >= 11 is 0. The standard InChI is InChI=1S/C14H17N3O/c1-2-18-14-8-4-3-6-12(14)10-15-11-13-7-5-9-16-17-13/h3-9,15H,2,10-11H2,1H3. The zero-order valence-corrected chi connectivity index (χ0v) is 10.5. The van der Waals surface area contributed by atoms with Gasteiger partial charge in [0.15, 0.2) is 0 Å². The molecule has 0 aliphatic rings. The maximum atomic E-state index is 5.57. The van der Waals surface area contributed by atoms with E-state index in [9.17, 15) is 0 Å². The number of rotatable bonds is 6. The van der Waals surface area contributed by atoms with Gasteiger partial charge in [0.05, 0.1) is 12.3 Å². The summed E-state index contributed by atoms with van der Waals surface area (Å²) in [4.78, 5) is 0. The van der Waals surface area contributed by atoms with E-state index >= 15 is 0 Å². The molecule has 0 saturated carbocycles. The summed E-state index contributed by atoms with van der Waals surface area (Å²) in [6, 6.07) is 11.9. The van der Waals surface area contributed by atoms with Crippen molar-refractivity contribution in [3.63, 3.8) is 0 Å². The van der Waals surface area contributed by atoms with Crippen molar-refractivity contribution in [3.05, 3.63) is 53.9 Å². The molecule has 1 N–H and O–H groups in total. The van der Waals surface area contributed by atoms with Gasteiger partial charge < -0.3 is 10.1 Å². The molecule has 1 heterocycles. The van der Waals surface area contributed by atoms with Gasteiger partial charge in [-0.05, 0) is 25.1 Å². The second kappa shape index (κ2) is 6.71. The van der Waals surface area contributed by atoms with E-state index in [1.807, 2.05) is 37.3 Å². The van der Waals surface area contributed by atoms with Gasteiger partial charge in [0, 0.05) is 24.8 Å². The highest BCUT2D eigenvalue weighted by atomic mass is 16.5. The fourth-order valence-electron chi connectivity index (χ4n) is 1.70. The molecule has 0 unspecified atom stereocenters. The Labute approximate surface area is 107 Å². The molecule has 0 spiro atoms. The first-order chi connectivity index (χ1) is 8.90. The van der Waals surface area contributed by atoms with E-state index in [1.54, 1.807) is 6.20 Å². The van der Waals surface area contributed by atoms with Crippen LogP contribution < -0.4 is 10.1 Å². The van der Waals surface area contributed by atoms with Crippen LogP contribution in [-0.4, -0.2) is 16.8 Å². The van der Waals surface area contributed by atoms with Crippen molar-refractivity contribution in [2.75, 3.05) is 6.61 Å². The average Bonchev–Trinajstić information content (AvgIpc) is 2.42. The highest BCUT2D eigenvalue weighted by molar-refractivity contribution is 5.33. The van der Waals surface area contributed by atoms with Crippen LogP contribution in [0.3, 0.4) is 0 Å². The normalized spacial score (nSPS) is 10.3. The van der Waals surface area contributed by atoms with Gasteiger partial charge in [0.1, 0.15) is 5.75 Å². The number of nitrogens with one attached hydrogen (secondary N) is 1. The molecule has 2 rings (SSSR count). The molecule has 18 heavy (non-hydrogen) atoms. The molecular weight excluding hydrogens is 226 g/mol. The van der Waals surface area contributed by atoms with Crippen molar-refractivity contribution >= 4 is 0 Å². The molecule has 0 radical (unpaired) electrons. The van der Waals surface area contributed by atoms with Crippen LogP contribution >= 0.6 is 0 Å². The van der Waals surface area contributed by atoms with E-state index in [0.717, 1.165) is 23.6 Å². The fraction of sp³-hybridized carbons (Fsp3) is 0.286. The lowest BCUT2D eigenvalue weighted by molar-refractivity contribution is 0.335. The minimum atomic E-state index is 0.682. The Bertz CT molecular complexity index is 473. The largest absolute Gasteiger partial charge is 0.494 e. The van der Waals surface area contributed by atoms with Gasteiger partial charge in [0.25, 0.3) is 0 Å². The third kappa shape index (κ3) is 3.53. The van der Waals surface area contributed by atoms with Crippen LogP contribution in [0, 0.1) is 0 Å². The molecule has 4 heteroatoms. The van der Waals surface area contributed by atoms with Crippen molar-refractivity contribution in [1.29, 1.82) is 0 Å². The van der Waals surface area contributed by atoms with E-state index in [0.29, 0.717) is 13.2 Å². The SMILES string of the molecule is CCOc1ccccc1CNCc1cccnn1. The van der Waals surface area contributed by atoms with E-state index in [2.05, 4.69) is 21.6 Å². The number of hydrogen-bond acceptors (Lipinski definition) is 4. The topological polar surface area (TPSA) is 47.0 Å². The van der Waals surface area contributed by atoms with Crippen LogP contribution in [0.1, 0.15) is 18.2 Å². The second-order valence-corrected chi connectivity index (χ2v) is 3.86. The summed E-state index contributed by atoms with van der Waals surface area (Å²) in [5, 5.41) is 11.2. The molecule has 94 valence electrons. The maximum Gasteiger partial charge on any atom is 0.123 e. The highest BCUT2D eigenvalue weighted by Gasteiger charge is 2.02. The monoisotopic (exact) mass is 243 g/mol. The van der Waals surface area contributed by atoms with Crippen LogP contribution in [0.2, 0.25) is 0 Å². The highest BCUT2D eigenvalue weighted by Crippen LogP contribution is 2.17. The number of hydrogen-bond donors (Lipinski definition) is 1. The van der Waals surface area contributed by atoms with Crippen LogP contribution in [-0.2, 0) is 13.1 Å². The maximum absolute atomic E-state index is 5.57. The molecule has 0 saturated heterocycles. The van der Waals surface area contributed by atoms with E-state index < -0.39 is 0 Å². The quantitative estimate of drug-likeness (QED) is 0.844. The van der Waals surface area contributed by atoms with Gasteiger partial charge in [-0.1, -0.05) is 18.2 Å². The number of aromatic nitrogens is 2. The van der Waals surface area contributed by atoms with Crippen molar-refractivity contribution in [1.82, 2.24) is 15.5 Å². The molecule has 0 amide bonds. The minimum Gasteiger partial charge on any atom is -0.494 e. The second-order valence-electron chi connectivity index (χ2n) is 3.86. The first-order valence-electron chi connectivity index (χ1n) is 6.08. The number of nitrogens with zero attached hydrogens (tertiary/aromatic N) is 2. The van der Waals surface area contributed by atoms with Gasteiger partial charge in [-0.3, -0.25) is 0 Å². The molecule has 1 aromatic carbocycles. The average molecular weight is 243 g/mol. The molecule has 2 aromatic rings. The smallest absolute Gasteiger partial charge is 0.123 e. The summed E-state index contributed by atoms with van der Waals surface area (Å²) in [6.45, 7) is 4.13.